The van der Waals surface area contributed by atoms with Gasteiger partial charge in [-0.15, -0.1) is 0 Å². The van der Waals surface area contributed by atoms with Crippen LogP contribution in [0.3, 0.4) is 0 Å². The van der Waals surface area contributed by atoms with Crippen LogP contribution in [-0.4, -0.2) is 27.4 Å². The van der Waals surface area contributed by atoms with E-state index in [9.17, 15) is 4.79 Å². The van der Waals surface area contributed by atoms with E-state index in [1.165, 1.54) is 0 Å². The minimum Gasteiger partial charge on any atom is -0.375 e. The first-order valence-electron chi connectivity index (χ1n) is 6.92. The Morgan fingerprint density at radius 3 is 2.84 bits per heavy atom. The summed E-state index contributed by atoms with van der Waals surface area (Å²) in [6, 6.07) is 3.79. The average Bonchev–Trinajstić information content (AvgIpc) is 3.03. The highest BCUT2D eigenvalue weighted by Crippen LogP contribution is 2.37. The third-order valence-corrected chi connectivity index (χ3v) is 4.34. The Balaban J connectivity index is 1.62. The van der Waals surface area contributed by atoms with Crippen LogP contribution in [0.2, 0.25) is 0 Å². The molecule has 0 saturated carbocycles. The van der Waals surface area contributed by atoms with E-state index >= 15 is 0 Å². The number of ether oxygens (including phenoxy) is 1. The molecule has 0 amide bonds. The Morgan fingerprint density at radius 2 is 2.05 bits per heavy atom. The number of Topliss-reactive ketones (excluding diaryl/α,β-unsaturated/α-hetero) is 1. The van der Waals surface area contributed by atoms with Crippen LogP contribution in [0.25, 0.3) is 5.65 Å². The molecule has 0 aliphatic carbocycles. The molecule has 0 spiro atoms. The number of imidazole rings is 1. The molecule has 2 aromatic heterocycles. The Morgan fingerprint density at radius 1 is 1.26 bits per heavy atom. The molecular formula is C15H16N2O2. The summed E-state index contributed by atoms with van der Waals surface area (Å²) in [4.78, 5) is 16.8. The van der Waals surface area contributed by atoms with Crippen molar-refractivity contribution in [2.45, 2.75) is 37.9 Å². The number of nitrogens with zero attached hydrogens (tertiary/aromatic N) is 2. The van der Waals surface area contributed by atoms with Gasteiger partial charge in [-0.3, -0.25) is 4.79 Å². The lowest BCUT2D eigenvalue weighted by Crippen LogP contribution is -2.30. The van der Waals surface area contributed by atoms with Crippen molar-refractivity contribution in [3.8, 4) is 0 Å². The van der Waals surface area contributed by atoms with Crippen LogP contribution >= 0.6 is 0 Å². The van der Waals surface area contributed by atoms with Crippen LogP contribution in [0.15, 0.2) is 30.7 Å². The molecule has 2 unspecified atom stereocenters. The van der Waals surface area contributed by atoms with E-state index in [1.54, 1.807) is 6.20 Å². The molecule has 0 radical (unpaired) electrons. The van der Waals surface area contributed by atoms with Gasteiger partial charge in [-0.2, -0.15) is 0 Å². The lowest BCUT2D eigenvalue weighted by Gasteiger charge is -2.27. The Bertz CT molecular complexity index is 622. The summed E-state index contributed by atoms with van der Waals surface area (Å²) in [6.45, 7) is 0. The number of fused-ring (bicyclic) bond motifs is 3. The van der Waals surface area contributed by atoms with Gasteiger partial charge in [0.05, 0.1) is 12.2 Å². The van der Waals surface area contributed by atoms with Gasteiger partial charge in [-0.1, -0.05) is 0 Å². The zero-order chi connectivity index (χ0) is 12.8. The highest BCUT2D eigenvalue weighted by Gasteiger charge is 2.38. The van der Waals surface area contributed by atoms with Crippen LogP contribution in [-0.2, 0) is 4.74 Å². The molecule has 4 rings (SSSR count). The highest BCUT2D eigenvalue weighted by molar-refractivity contribution is 5.98. The summed E-state index contributed by atoms with van der Waals surface area (Å²) in [5.74, 6) is 0.384. The number of hydrogen-bond donors (Lipinski definition) is 0. The molecule has 4 heteroatoms. The van der Waals surface area contributed by atoms with Gasteiger partial charge in [-0.05, 0) is 37.8 Å². The number of hydrogen-bond acceptors (Lipinski definition) is 3. The van der Waals surface area contributed by atoms with Crippen molar-refractivity contribution in [1.29, 1.82) is 0 Å². The molecule has 2 fully saturated rings. The minimum absolute atomic E-state index is 0.128. The molecule has 0 aromatic carbocycles. The number of carbonyl (C=O) groups is 1. The maximum atomic E-state index is 12.6. The molecular weight excluding hydrogens is 240 g/mol. The van der Waals surface area contributed by atoms with Gasteiger partial charge in [0, 0.05) is 30.1 Å². The van der Waals surface area contributed by atoms with Crippen LogP contribution in [0.4, 0.5) is 0 Å². The second-order valence-electron chi connectivity index (χ2n) is 5.60. The molecule has 0 N–H and O–H groups in total. The van der Waals surface area contributed by atoms with Gasteiger partial charge in [0.25, 0.3) is 0 Å². The molecule has 2 aliphatic heterocycles. The Hall–Kier alpha value is -1.68. The van der Waals surface area contributed by atoms with Gasteiger partial charge in [-0.25, -0.2) is 4.98 Å². The van der Waals surface area contributed by atoms with Crippen LogP contribution in [0.5, 0.6) is 0 Å². The smallest absolute Gasteiger partial charge is 0.166 e. The first kappa shape index (κ1) is 11.2. The van der Waals surface area contributed by atoms with Crippen molar-refractivity contribution < 1.29 is 9.53 Å². The van der Waals surface area contributed by atoms with Crippen molar-refractivity contribution >= 4 is 11.4 Å². The number of carbonyl (C=O) groups excluding carboxylic acids is 1. The first-order valence-corrected chi connectivity index (χ1v) is 6.92. The SMILES string of the molecule is O=C(c1ccn2ccnc2c1)C1CC2CCC(C1)O2. The van der Waals surface area contributed by atoms with E-state index in [2.05, 4.69) is 4.98 Å². The molecule has 4 nitrogen and oxygen atoms in total. The molecule has 98 valence electrons. The fraction of sp³-hybridized carbons (Fsp3) is 0.467. The van der Waals surface area contributed by atoms with Crippen LogP contribution < -0.4 is 0 Å². The van der Waals surface area contributed by atoms with E-state index < -0.39 is 0 Å². The van der Waals surface area contributed by atoms with Crippen molar-refractivity contribution in [1.82, 2.24) is 9.38 Å². The average molecular weight is 256 g/mol. The molecule has 19 heavy (non-hydrogen) atoms. The molecule has 2 saturated heterocycles. The van der Waals surface area contributed by atoms with Gasteiger partial charge >= 0.3 is 0 Å². The predicted molar refractivity (Wildman–Crippen MR) is 70.1 cm³/mol. The molecule has 2 aliphatic rings. The Kier molecular flexibility index (Phi) is 2.45. The zero-order valence-electron chi connectivity index (χ0n) is 10.7. The van der Waals surface area contributed by atoms with E-state index in [0.717, 1.165) is 36.9 Å². The normalized spacial score (nSPS) is 29.8. The second-order valence-corrected chi connectivity index (χ2v) is 5.60. The number of pyridine rings is 1. The van der Waals surface area contributed by atoms with Gasteiger partial charge in [0.1, 0.15) is 5.65 Å². The fourth-order valence-electron chi connectivity index (χ4n) is 3.37. The topological polar surface area (TPSA) is 43.6 Å². The lowest BCUT2D eigenvalue weighted by molar-refractivity contribution is -0.0149. The lowest BCUT2D eigenvalue weighted by atomic mass is 9.88. The quantitative estimate of drug-likeness (QED) is 0.775. The van der Waals surface area contributed by atoms with Crippen molar-refractivity contribution in [3.63, 3.8) is 0 Å². The number of aromatic nitrogens is 2. The van der Waals surface area contributed by atoms with Gasteiger partial charge in [0.2, 0.25) is 0 Å². The third-order valence-electron chi connectivity index (χ3n) is 4.34. The van der Waals surface area contributed by atoms with Gasteiger partial charge in [0.15, 0.2) is 5.78 Å². The maximum absolute atomic E-state index is 12.6. The largest absolute Gasteiger partial charge is 0.375 e. The third kappa shape index (κ3) is 1.87. The predicted octanol–water partition coefficient (Wildman–Crippen LogP) is 2.47. The second kappa shape index (κ2) is 4.17. The highest BCUT2D eigenvalue weighted by atomic mass is 16.5. The summed E-state index contributed by atoms with van der Waals surface area (Å²) in [5.41, 5.74) is 1.62. The summed E-state index contributed by atoms with van der Waals surface area (Å²) >= 11 is 0. The van der Waals surface area contributed by atoms with E-state index in [1.807, 2.05) is 28.9 Å². The molecule has 2 aromatic rings. The van der Waals surface area contributed by atoms with Gasteiger partial charge < -0.3 is 9.14 Å². The van der Waals surface area contributed by atoms with E-state index in [-0.39, 0.29) is 11.7 Å². The van der Waals surface area contributed by atoms with Crippen molar-refractivity contribution in [2.75, 3.05) is 0 Å². The maximum Gasteiger partial charge on any atom is 0.166 e. The van der Waals surface area contributed by atoms with E-state index in [0.29, 0.717) is 12.2 Å². The first-order chi connectivity index (χ1) is 9.29. The molecule has 4 heterocycles. The van der Waals surface area contributed by atoms with Crippen LogP contribution in [0.1, 0.15) is 36.0 Å². The van der Waals surface area contributed by atoms with Crippen molar-refractivity contribution in [2.24, 2.45) is 5.92 Å². The number of rotatable bonds is 2. The minimum atomic E-state index is 0.128. The number of ketones is 1. The standard InChI is InChI=1S/C15H16N2O2/c18-15(11-7-12-1-2-13(8-11)19-12)10-3-5-17-6-4-16-14(17)9-10/h3-6,9,11-13H,1-2,7-8H2. The summed E-state index contributed by atoms with van der Waals surface area (Å²) in [5, 5.41) is 0. The van der Waals surface area contributed by atoms with Crippen molar-refractivity contribution in [3.05, 3.63) is 36.3 Å². The van der Waals surface area contributed by atoms with Crippen LogP contribution in [0, 0.1) is 5.92 Å². The molecule has 2 bridgehead atoms. The summed E-state index contributed by atoms with van der Waals surface area (Å²) < 4.78 is 7.72. The Labute approximate surface area is 111 Å². The zero-order valence-corrected chi connectivity index (χ0v) is 10.7. The monoisotopic (exact) mass is 256 g/mol. The van der Waals surface area contributed by atoms with E-state index in [4.69, 9.17) is 4.74 Å². The summed E-state index contributed by atoms with van der Waals surface area (Å²) in [7, 11) is 0. The molecule has 2 atom stereocenters. The fourth-order valence-corrected chi connectivity index (χ4v) is 3.37. The summed E-state index contributed by atoms with van der Waals surface area (Å²) in [6.07, 6.45) is 10.2.